The van der Waals surface area contributed by atoms with E-state index in [0.29, 0.717) is 11.0 Å². The maximum absolute atomic E-state index is 11.6. The first-order valence-electron chi connectivity index (χ1n) is 5.54. The van der Waals surface area contributed by atoms with Gasteiger partial charge in [-0.25, -0.2) is 0 Å². The van der Waals surface area contributed by atoms with E-state index in [4.69, 9.17) is 5.11 Å². The van der Waals surface area contributed by atoms with Crippen LogP contribution in [0.25, 0.3) is 0 Å². The van der Waals surface area contributed by atoms with Crippen LogP contribution in [0, 0.1) is 0 Å². The number of thioether (sulfide) groups is 1. The van der Waals surface area contributed by atoms with Crippen molar-refractivity contribution in [2.75, 3.05) is 26.0 Å². The Morgan fingerprint density at radius 3 is 2.53 bits per heavy atom. The third kappa shape index (κ3) is 8.75. The van der Waals surface area contributed by atoms with Crippen molar-refractivity contribution in [1.82, 2.24) is 4.90 Å². The van der Waals surface area contributed by atoms with Gasteiger partial charge >= 0.3 is 0 Å². The molecule has 1 N–H and O–H groups in total. The Labute approximate surface area is 97.2 Å². The van der Waals surface area contributed by atoms with Gasteiger partial charge in [0.1, 0.15) is 0 Å². The van der Waals surface area contributed by atoms with Crippen LogP contribution in [0.4, 0.5) is 0 Å². The fourth-order valence-electron chi connectivity index (χ4n) is 1.11. The molecule has 0 heterocycles. The number of rotatable bonds is 8. The number of aliphatic hydroxyl groups excluding tert-OH is 1. The van der Waals surface area contributed by atoms with Gasteiger partial charge in [0.2, 0.25) is 5.91 Å². The van der Waals surface area contributed by atoms with Crippen molar-refractivity contribution >= 4 is 17.7 Å². The van der Waals surface area contributed by atoms with Crippen LogP contribution in [-0.4, -0.2) is 47.1 Å². The first-order chi connectivity index (χ1) is 7.07. The van der Waals surface area contributed by atoms with E-state index in [-0.39, 0.29) is 12.5 Å². The van der Waals surface area contributed by atoms with Gasteiger partial charge in [0.25, 0.3) is 0 Å². The van der Waals surface area contributed by atoms with Gasteiger partial charge in [-0.05, 0) is 24.5 Å². The maximum Gasteiger partial charge on any atom is 0.232 e. The fraction of sp³-hybridized carbons (Fsp3) is 0.909. The smallest absolute Gasteiger partial charge is 0.232 e. The molecule has 0 aliphatic carbocycles. The van der Waals surface area contributed by atoms with E-state index in [2.05, 4.69) is 13.8 Å². The van der Waals surface area contributed by atoms with E-state index in [1.54, 1.807) is 16.7 Å². The summed E-state index contributed by atoms with van der Waals surface area (Å²) in [6.07, 6.45) is 2.81. The SMILES string of the molecule is CC(C)SCC(=O)N(C)CCCCCO. The number of amides is 1. The molecular formula is C11H23NO2S. The summed E-state index contributed by atoms with van der Waals surface area (Å²) >= 11 is 1.68. The highest BCUT2D eigenvalue weighted by molar-refractivity contribution is 8.00. The molecule has 3 nitrogen and oxygen atoms in total. The molecule has 4 heteroatoms. The molecule has 0 unspecified atom stereocenters. The van der Waals surface area contributed by atoms with E-state index in [1.807, 2.05) is 7.05 Å². The maximum atomic E-state index is 11.6. The molecule has 1 amide bonds. The van der Waals surface area contributed by atoms with Gasteiger partial charge in [0.15, 0.2) is 0 Å². The first-order valence-corrected chi connectivity index (χ1v) is 6.59. The number of unbranched alkanes of at least 4 members (excludes halogenated alkanes) is 2. The lowest BCUT2D eigenvalue weighted by molar-refractivity contribution is -0.127. The molecule has 0 aromatic rings. The molecule has 0 rings (SSSR count). The Morgan fingerprint density at radius 1 is 1.33 bits per heavy atom. The van der Waals surface area contributed by atoms with E-state index in [9.17, 15) is 4.79 Å². The van der Waals surface area contributed by atoms with Crippen molar-refractivity contribution in [3.63, 3.8) is 0 Å². The summed E-state index contributed by atoms with van der Waals surface area (Å²) in [5, 5.41) is 9.11. The Kier molecular flexibility index (Phi) is 8.91. The highest BCUT2D eigenvalue weighted by Gasteiger charge is 2.08. The quantitative estimate of drug-likeness (QED) is 0.649. The number of carbonyl (C=O) groups excluding carboxylic acids is 1. The lowest BCUT2D eigenvalue weighted by Crippen LogP contribution is -2.29. The molecular weight excluding hydrogens is 210 g/mol. The van der Waals surface area contributed by atoms with Crippen molar-refractivity contribution in [1.29, 1.82) is 0 Å². The largest absolute Gasteiger partial charge is 0.396 e. The molecule has 0 aliphatic rings. The minimum absolute atomic E-state index is 0.206. The normalized spacial score (nSPS) is 10.7. The molecule has 0 aromatic heterocycles. The number of aliphatic hydroxyl groups is 1. The van der Waals surface area contributed by atoms with E-state index < -0.39 is 0 Å². The van der Waals surface area contributed by atoms with Crippen molar-refractivity contribution < 1.29 is 9.90 Å². The number of nitrogens with zero attached hydrogens (tertiary/aromatic N) is 1. The Balaban J connectivity index is 3.51. The molecule has 0 aliphatic heterocycles. The fourth-order valence-corrected chi connectivity index (χ4v) is 1.81. The summed E-state index contributed by atoms with van der Waals surface area (Å²) in [7, 11) is 1.85. The van der Waals surface area contributed by atoms with Crippen molar-refractivity contribution in [3.8, 4) is 0 Å². The minimum atomic E-state index is 0.206. The monoisotopic (exact) mass is 233 g/mol. The summed E-state index contributed by atoms with van der Waals surface area (Å²) in [6, 6.07) is 0. The predicted octanol–water partition coefficient (Wildman–Crippen LogP) is 1.75. The number of hydrogen-bond donors (Lipinski definition) is 1. The third-order valence-electron chi connectivity index (χ3n) is 2.12. The lowest BCUT2D eigenvalue weighted by Gasteiger charge is -2.17. The van der Waals surface area contributed by atoms with Gasteiger partial charge in [0.05, 0.1) is 5.75 Å². The molecule has 0 aromatic carbocycles. The van der Waals surface area contributed by atoms with Crippen LogP contribution in [-0.2, 0) is 4.79 Å². The molecule has 0 bridgehead atoms. The Morgan fingerprint density at radius 2 is 2.00 bits per heavy atom. The van der Waals surface area contributed by atoms with Crippen LogP contribution in [0.3, 0.4) is 0 Å². The highest BCUT2D eigenvalue weighted by Crippen LogP contribution is 2.09. The predicted molar refractivity (Wildman–Crippen MR) is 66.2 cm³/mol. The topological polar surface area (TPSA) is 40.5 Å². The Bertz CT molecular complexity index is 174. The highest BCUT2D eigenvalue weighted by atomic mass is 32.2. The molecule has 0 radical (unpaired) electrons. The zero-order valence-electron chi connectivity index (χ0n) is 10.0. The molecule has 90 valence electrons. The number of hydrogen-bond acceptors (Lipinski definition) is 3. The average molecular weight is 233 g/mol. The zero-order chi connectivity index (χ0) is 11.7. The van der Waals surface area contributed by atoms with Crippen molar-refractivity contribution in [3.05, 3.63) is 0 Å². The standard InChI is InChI=1S/C11H23NO2S/c1-10(2)15-9-11(14)12(3)7-5-4-6-8-13/h10,13H,4-9H2,1-3H3. The first kappa shape index (κ1) is 14.8. The van der Waals surface area contributed by atoms with Crippen LogP contribution in [0.5, 0.6) is 0 Å². The summed E-state index contributed by atoms with van der Waals surface area (Å²) in [5.74, 6) is 0.784. The van der Waals surface area contributed by atoms with Gasteiger partial charge in [-0.2, -0.15) is 0 Å². The molecule has 0 saturated carbocycles. The second kappa shape index (κ2) is 9.04. The van der Waals surface area contributed by atoms with Crippen LogP contribution in [0.2, 0.25) is 0 Å². The Hall–Kier alpha value is -0.220. The van der Waals surface area contributed by atoms with E-state index in [1.165, 1.54) is 0 Å². The van der Waals surface area contributed by atoms with Crippen molar-refractivity contribution in [2.24, 2.45) is 0 Å². The summed E-state index contributed by atoms with van der Waals surface area (Å²) < 4.78 is 0. The van der Waals surface area contributed by atoms with Gasteiger partial charge in [0, 0.05) is 20.2 Å². The van der Waals surface area contributed by atoms with Gasteiger partial charge in [-0.1, -0.05) is 13.8 Å². The number of carbonyl (C=O) groups is 1. The molecule has 0 spiro atoms. The van der Waals surface area contributed by atoms with E-state index >= 15 is 0 Å². The van der Waals surface area contributed by atoms with Gasteiger partial charge < -0.3 is 10.0 Å². The molecule has 0 saturated heterocycles. The lowest BCUT2D eigenvalue weighted by atomic mass is 10.2. The van der Waals surface area contributed by atoms with E-state index in [0.717, 1.165) is 25.8 Å². The third-order valence-corrected chi connectivity index (χ3v) is 3.20. The van der Waals surface area contributed by atoms with Crippen LogP contribution in [0.15, 0.2) is 0 Å². The summed E-state index contributed by atoms with van der Waals surface area (Å²) in [5.41, 5.74) is 0. The van der Waals surface area contributed by atoms with Gasteiger partial charge in [-0.15, -0.1) is 11.8 Å². The van der Waals surface area contributed by atoms with Crippen LogP contribution < -0.4 is 0 Å². The summed E-state index contributed by atoms with van der Waals surface area (Å²) in [4.78, 5) is 13.4. The molecule has 15 heavy (non-hydrogen) atoms. The average Bonchev–Trinajstić information content (AvgIpc) is 2.20. The second-order valence-electron chi connectivity index (χ2n) is 3.96. The summed E-state index contributed by atoms with van der Waals surface area (Å²) in [6.45, 7) is 5.25. The van der Waals surface area contributed by atoms with Gasteiger partial charge in [-0.3, -0.25) is 4.79 Å². The molecule has 0 fully saturated rings. The van der Waals surface area contributed by atoms with Crippen LogP contribution >= 0.6 is 11.8 Å². The minimum Gasteiger partial charge on any atom is -0.396 e. The van der Waals surface area contributed by atoms with Crippen LogP contribution in [0.1, 0.15) is 33.1 Å². The zero-order valence-corrected chi connectivity index (χ0v) is 10.8. The van der Waals surface area contributed by atoms with Crippen molar-refractivity contribution in [2.45, 2.75) is 38.4 Å². The second-order valence-corrected chi connectivity index (χ2v) is 5.52. The molecule has 0 atom stereocenters.